The van der Waals surface area contributed by atoms with Gasteiger partial charge >= 0.3 is 0 Å². The number of hydrogen-bond donors (Lipinski definition) is 1. The maximum absolute atomic E-state index is 3.35. The molecule has 0 aliphatic rings. The van der Waals surface area contributed by atoms with Crippen molar-refractivity contribution in [1.29, 1.82) is 0 Å². The summed E-state index contributed by atoms with van der Waals surface area (Å²) in [4.78, 5) is 4.15. The smallest absolute Gasteiger partial charge is 0.0762 e. The molecule has 0 spiro atoms. The standard InChI is InChI=1S/C11H13NS2/c1-8-5-6-10(14-8)11(12-2)9-4-3-7-13-9/h3-7,11-12H,1-2H3. The monoisotopic (exact) mass is 223 g/mol. The van der Waals surface area contributed by atoms with Gasteiger partial charge in [0.15, 0.2) is 0 Å². The second kappa shape index (κ2) is 4.26. The Kier molecular flexibility index (Phi) is 3.01. The van der Waals surface area contributed by atoms with Gasteiger partial charge in [0, 0.05) is 14.6 Å². The maximum atomic E-state index is 3.35. The summed E-state index contributed by atoms with van der Waals surface area (Å²) in [5.41, 5.74) is 0. The molecule has 2 aromatic heterocycles. The van der Waals surface area contributed by atoms with Crippen LogP contribution in [0.5, 0.6) is 0 Å². The Labute approximate surface area is 92.4 Å². The van der Waals surface area contributed by atoms with Crippen molar-refractivity contribution in [2.75, 3.05) is 7.05 Å². The van der Waals surface area contributed by atoms with E-state index in [-0.39, 0.29) is 0 Å². The van der Waals surface area contributed by atoms with E-state index in [0.29, 0.717) is 6.04 Å². The quantitative estimate of drug-likeness (QED) is 0.840. The van der Waals surface area contributed by atoms with Crippen LogP contribution >= 0.6 is 22.7 Å². The minimum absolute atomic E-state index is 0.369. The van der Waals surface area contributed by atoms with Gasteiger partial charge in [0.2, 0.25) is 0 Å². The molecule has 1 unspecified atom stereocenters. The van der Waals surface area contributed by atoms with Gasteiger partial charge in [-0.25, -0.2) is 0 Å². The van der Waals surface area contributed by atoms with Crippen molar-refractivity contribution in [2.45, 2.75) is 13.0 Å². The van der Waals surface area contributed by atoms with Gasteiger partial charge in [-0.15, -0.1) is 22.7 Å². The molecule has 1 atom stereocenters. The maximum Gasteiger partial charge on any atom is 0.0762 e. The van der Waals surface area contributed by atoms with Gasteiger partial charge < -0.3 is 5.32 Å². The number of hydrogen-bond acceptors (Lipinski definition) is 3. The van der Waals surface area contributed by atoms with Crippen molar-refractivity contribution >= 4 is 22.7 Å². The molecule has 0 amide bonds. The zero-order valence-electron chi connectivity index (χ0n) is 8.28. The molecule has 0 aromatic carbocycles. The molecule has 3 heteroatoms. The third kappa shape index (κ3) is 1.90. The van der Waals surface area contributed by atoms with E-state index in [2.05, 4.69) is 41.9 Å². The van der Waals surface area contributed by atoms with E-state index in [1.54, 1.807) is 11.3 Å². The summed E-state index contributed by atoms with van der Waals surface area (Å²) < 4.78 is 0. The Bertz CT molecular complexity index is 389. The van der Waals surface area contributed by atoms with E-state index in [1.807, 2.05) is 18.4 Å². The molecule has 0 bridgehead atoms. The van der Waals surface area contributed by atoms with Crippen molar-refractivity contribution < 1.29 is 0 Å². The van der Waals surface area contributed by atoms with E-state index in [4.69, 9.17) is 0 Å². The normalized spacial score (nSPS) is 13.0. The van der Waals surface area contributed by atoms with E-state index < -0.39 is 0 Å². The molecule has 0 aliphatic carbocycles. The molecule has 2 aromatic rings. The molecular weight excluding hydrogens is 210 g/mol. The van der Waals surface area contributed by atoms with Crippen molar-refractivity contribution in [3.8, 4) is 0 Å². The van der Waals surface area contributed by atoms with Crippen LogP contribution in [0.2, 0.25) is 0 Å². The fourth-order valence-electron chi connectivity index (χ4n) is 1.49. The minimum Gasteiger partial charge on any atom is -0.308 e. The van der Waals surface area contributed by atoms with Crippen LogP contribution in [0.3, 0.4) is 0 Å². The molecule has 0 radical (unpaired) electrons. The van der Waals surface area contributed by atoms with Gasteiger partial charge in [0.1, 0.15) is 0 Å². The molecule has 2 rings (SSSR count). The summed E-state index contributed by atoms with van der Waals surface area (Å²) in [5, 5.41) is 5.48. The zero-order valence-corrected chi connectivity index (χ0v) is 9.91. The molecule has 0 fully saturated rings. The first-order chi connectivity index (χ1) is 6.81. The second-order valence-corrected chi connectivity index (χ2v) is 5.48. The van der Waals surface area contributed by atoms with Crippen LogP contribution in [0, 0.1) is 6.92 Å². The van der Waals surface area contributed by atoms with Crippen molar-refractivity contribution in [1.82, 2.24) is 5.32 Å². The lowest BCUT2D eigenvalue weighted by Gasteiger charge is -2.11. The molecule has 0 saturated carbocycles. The Morgan fingerprint density at radius 1 is 1.21 bits per heavy atom. The van der Waals surface area contributed by atoms with Gasteiger partial charge in [-0.3, -0.25) is 0 Å². The Morgan fingerprint density at radius 3 is 2.57 bits per heavy atom. The highest BCUT2D eigenvalue weighted by atomic mass is 32.1. The highest BCUT2D eigenvalue weighted by Gasteiger charge is 2.13. The summed E-state index contributed by atoms with van der Waals surface area (Å²) in [6.45, 7) is 2.15. The van der Waals surface area contributed by atoms with Gasteiger partial charge in [0.25, 0.3) is 0 Å². The first-order valence-corrected chi connectivity index (χ1v) is 6.28. The molecule has 74 valence electrons. The third-order valence-electron chi connectivity index (χ3n) is 2.16. The van der Waals surface area contributed by atoms with Crippen LogP contribution < -0.4 is 5.32 Å². The van der Waals surface area contributed by atoms with Crippen LogP contribution in [-0.2, 0) is 0 Å². The summed E-state index contributed by atoms with van der Waals surface area (Å²) in [6, 6.07) is 9.04. The molecule has 14 heavy (non-hydrogen) atoms. The highest BCUT2D eigenvalue weighted by Crippen LogP contribution is 2.30. The van der Waals surface area contributed by atoms with Crippen LogP contribution in [0.4, 0.5) is 0 Å². The lowest BCUT2D eigenvalue weighted by Crippen LogP contribution is -2.14. The Balaban J connectivity index is 2.31. The summed E-state index contributed by atoms with van der Waals surface area (Å²) in [5.74, 6) is 0. The zero-order chi connectivity index (χ0) is 9.97. The number of rotatable bonds is 3. The number of nitrogens with one attached hydrogen (secondary N) is 1. The molecule has 0 aliphatic heterocycles. The summed E-state index contributed by atoms with van der Waals surface area (Å²) >= 11 is 3.67. The number of thiophene rings is 2. The van der Waals surface area contributed by atoms with Gasteiger partial charge in [-0.05, 0) is 37.6 Å². The van der Waals surface area contributed by atoms with E-state index in [9.17, 15) is 0 Å². The van der Waals surface area contributed by atoms with Gasteiger partial charge in [0.05, 0.1) is 6.04 Å². The van der Waals surface area contributed by atoms with E-state index >= 15 is 0 Å². The van der Waals surface area contributed by atoms with Crippen molar-refractivity contribution in [3.05, 3.63) is 44.3 Å². The van der Waals surface area contributed by atoms with E-state index in [1.165, 1.54) is 14.6 Å². The first-order valence-electron chi connectivity index (χ1n) is 4.58. The van der Waals surface area contributed by atoms with Gasteiger partial charge in [-0.1, -0.05) is 6.07 Å². The van der Waals surface area contributed by atoms with Crippen molar-refractivity contribution in [3.63, 3.8) is 0 Å². The molecule has 1 nitrogen and oxygen atoms in total. The number of aryl methyl sites for hydroxylation is 1. The van der Waals surface area contributed by atoms with E-state index in [0.717, 1.165) is 0 Å². The summed E-state index contributed by atoms with van der Waals surface area (Å²) in [7, 11) is 2.01. The fraction of sp³-hybridized carbons (Fsp3) is 0.273. The average Bonchev–Trinajstić information content (AvgIpc) is 2.79. The Morgan fingerprint density at radius 2 is 2.07 bits per heavy atom. The third-order valence-corrected chi connectivity index (χ3v) is 4.16. The molecule has 2 heterocycles. The van der Waals surface area contributed by atoms with Crippen LogP contribution in [0.1, 0.15) is 20.7 Å². The topological polar surface area (TPSA) is 12.0 Å². The highest BCUT2D eigenvalue weighted by molar-refractivity contribution is 7.12. The SMILES string of the molecule is CNC(c1cccs1)c1ccc(C)s1. The Hall–Kier alpha value is -0.640. The fourth-order valence-corrected chi connectivity index (χ4v) is 3.42. The lowest BCUT2D eigenvalue weighted by molar-refractivity contribution is 0.716. The van der Waals surface area contributed by atoms with Crippen LogP contribution in [-0.4, -0.2) is 7.05 Å². The predicted octanol–water partition coefficient (Wildman–Crippen LogP) is 3.43. The molecule has 0 saturated heterocycles. The first kappa shape index (κ1) is 9.90. The lowest BCUT2D eigenvalue weighted by atomic mass is 10.2. The average molecular weight is 223 g/mol. The predicted molar refractivity (Wildman–Crippen MR) is 64.3 cm³/mol. The largest absolute Gasteiger partial charge is 0.308 e. The molecular formula is C11H13NS2. The van der Waals surface area contributed by atoms with Crippen LogP contribution in [0.25, 0.3) is 0 Å². The van der Waals surface area contributed by atoms with Crippen LogP contribution in [0.15, 0.2) is 29.6 Å². The summed E-state index contributed by atoms with van der Waals surface area (Å²) in [6.07, 6.45) is 0. The molecule has 1 N–H and O–H groups in total. The second-order valence-electron chi connectivity index (χ2n) is 3.19. The van der Waals surface area contributed by atoms with Crippen molar-refractivity contribution in [2.24, 2.45) is 0 Å². The minimum atomic E-state index is 0.369. The van der Waals surface area contributed by atoms with Gasteiger partial charge in [-0.2, -0.15) is 0 Å².